The van der Waals surface area contributed by atoms with E-state index in [1.165, 1.54) is 12.6 Å². The zero-order valence-electron chi connectivity index (χ0n) is 12.1. The molecule has 1 unspecified atom stereocenters. The van der Waals surface area contributed by atoms with Crippen LogP contribution in [0.25, 0.3) is 0 Å². The van der Waals surface area contributed by atoms with E-state index in [9.17, 15) is 4.39 Å². The lowest BCUT2D eigenvalue weighted by Crippen LogP contribution is -2.25. The summed E-state index contributed by atoms with van der Waals surface area (Å²) < 4.78 is 13.4. The summed E-state index contributed by atoms with van der Waals surface area (Å²) in [6.45, 7) is 10.2. The third kappa shape index (κ3) is 3.44. The molecule has 4 heteroatoms. The average molecular weight is 265 g/mol. The Bertz CT molecular complexity index is 420. The normalized spacial score (nSPS) is 19.4. The number of rotatable bonds is 5. The summed E-state index contributed by atoms with van der Waals surface area (Å²) in [6.07, 6.45) is 2.53. The molecule has 0 aliphatic carbocycles. The molecule has 0 saturated carbocycles. The van der Waals surface area contributed by atoms with Gasteiger partial charge in [0.25, 0.3) is 0 Å². The number of nitrogens with zero attached hydrogens (tertiary/aromatic N) is 2. The largest absolute Gasteiger partial charge is 0.356 e. The van der Waals surface area contributed by atoms with Crippen molar-refractivity contribution >= 4 is 5.82 Å². The zero-order chi connectivity index (χ0) is 13.8. The summed E-state index contributed by atoms with van der Waals surface area (Å²) in [5.41, 5.74) is 0.964. The molecular weight excluding hydrogens is 241 g/mol. The fraction of sp³-hybridized carbons (Fsp3) is 0.667. The van der Waals surface area contributed by atoms with E-state index in [1.54, 1.807) is 6.07 Å². The molecule has 0 aromatic carbocycles. The molecule has 1 aliphatic heterocycles. The number of aromatic nitrogens is 1. The molecule has 0 radical (unpaired) electrons. The predicted octanol–water partition coefficient (Wildman–Crippen LogP) is 2.81. The Morgan fingerprint density at radius 2 is 2.32 bits per heavy atom. The fourth-order valence-corrected chi connectivity index (χ4v) is 2.67. The highest BCUT2D eigenvalue weighted by Crippen LogP contribution is 2.29. The SMILES string of the molecule is CCNCc1cc(F)cnc1N1CCC(C(C)C)C1. The molecular formula is C15H24FN3. The van der Waals surface area contributed by atoms with Crippen LogP contribution in [0, 0.1) is 17.7 Å². The monoisotopic (exact) mass is 265 g/mol. The van der Waals surface area contributed by atoms with Crippen LogP contribution in [-0.2, 0) is 6.54 Å². The van der Waals surface area contributed by atoms with Crippen LogP contribution in [0.3, 0.4) is 0 Å². The van der Waals surface area contributed by atoms with Crippen LogP contribution < -0.4 is 10.2 Å². The van der Waals surface area contributed by atoms with Crippen molar-refractivity contribution in [3.63, 3.8) is 0 Å². The molecule has 106 valence electrons. The van der Waals surface area contributed by atoms with E-state index in [-0.39, 0.29) is 5.82 Å². The van der Waals surface area contributed by atoms with Gasteiger partial charge in [0, 0.05) is 25.2 Å². The summed E-state index contributed by atoms with van der Waals surface area (Å²) in [5, 5.41) is 3.26. The standard InChI is InChI=1S/C15H24FN3/c1-4-17-8-13-7-14(16)9-18-15(13)19-6-5-12(10-19)11(2)3/h7,9,11-12,17H,4-6,8,10H2,1-3H3. The first-order chi connectivity index (χ1) is 9.11. The van der Waals surface area contributed by atoms with Crippen molar-refractivity contribution in [2.45, 2.75) is 33.7 Å². The Morgan fingerprint density at radius 3 is 2.95 bits per heavy atom. The summed E-state index contributed by atoms with van der Waals surface area (Å²) in [5.74, 6) is 2.11. The van der Waals surface area contributed by atoms with Crippen molar-refractivity contribution < 1.29 is 4.39 Å². The van der Waals surface area contributed by atoms with Crippen molar-refractivity contribution in [3.05, 3.63) is 23.6 Å². The second kappa shape index (κ2) is 6.33. The van der Waals surface area contributed by atoms with Gasteiger partial charge in [-0.25, -0.2) is 9.37 Å². The fourth-order valence-electron chi connectivity index (χ4n) is 2.67. The number of hydrogen-bond acceptors (Lipinski definition) is 3. The van der Waals surface area contributed by atoms with E-state index in [0.717, 1.165) is 36.9 Å². The van der Waals surface area contributed by atoms with E-state index in [4.69, 9.17) is 0 Å². The number of hydrogen-bond donors (Lipinski definition) is 1. The Hall–Kier alpha value is -1.16. The number of nitrogens with one attached hydrogen (secondary N) is 1. The highest BCUT2D eigenvalue weighted by Gasteiger charge is 2.27. The Morgan fingerprint density at radius 1 is 1.53 bits per heavy atom. The van der Waals surface area contributed by atoms with Crippen LogP contribution in [0.1, 0.15) is 32.8 Å². The predicted molar refractivity (Wildman–Crippen MR) is 76.7 cm³/mol. The van der Waals surface area contributed by atoms with Crippen LogP contribution >= 0.6 is 0 Å². The van der Waals surface area contributed by atoms with Gasteiger partial charge in [0.05, 0.1) is 6.20 Å². The molecule has 1 N–H and O–H groups in total. The van der Waals surface area contributed by atoms with E-state index in [2.05, 4.69) is 36.0 Å². The first-order valence-corrected chi connectivity index (χ1v) is 7.22. The molecule has 1 fully saturated rings. The van der Waals surface area contributed by atoms with E-state index >= 15 is 0 Å². The van der Waals surface area contributed by atoms with Crippen molar-refractivity contribution in [2.24, 2.45) is 11.8 Å². The summed E-state index contributed by atoms with van der Waals surface area (Å²) >= 11 is 0. The minimum absolute atomic E-state index is 0.253. The van der Waals surface area contributed by atoms with Crippen LogP contribution in [-0.4, -0.2) is 24.6 Å². The van der Waals surface area contributed by atoms with Crippen molar-refractivity contribution in [2.75, 3.05) is 24.5 Å². The minimum atomic E-state index is -0.253. The van der Waals surface area contributed by atoms with Crippen LogP contribution in [0.5, 0.6) is 0 Å². The van der Waals surface area contributed by atoms with Gasteiger partial charge >= 0.3 is 0 Å². The van der Waals surface area contributed by atoms with Crippen LogP contribution in [0.4, 0.5) is 10.2 Å². The van der Waals surface area contributed by atoms with Gasteiger partial charge in [0.1, 0.15) is 11.6 Å². The molecule has 0 spiro atoms. The molecule has 3 nitrogen and oxygen atoms in total. The van der Waals surface area contributed by atoms with Gasteiger partial charge in [-0.1, -0.05) is 20.8 Å². The third-order valence-corrected chi connectivity index (χ3v) is 3.94. The van der Waals surface area contributed by atoms with Gasteiger partial charge in [-0.2, -0.15) is 0 Å². The van der Waals surface area contributed by atoms with E-state index in [0.29, 0.717) is 12.5 Å². The third-order valence-electron chi connectivity index (χ3n) is 3.94. The van der Waals surface area contributed by atoms with Crippen LogP contribution in [0.15, 0.2) is 12.3 Å². The zero-order valence-corrected chi connectivity index (χ0v) is 12.1. The average Bonchev–Trinajstić information content (AvgIpc) is 2.86. The second-order valence-corrected chi connectivity index (χ2v) is 5.66. The molecule has 0 amide bonds. The number of anilines is 1. The minimum Gasteiger partial charge on any atom is -0.356 e. The van der Waals surface area contributed by atoms with Gasteiger partial charge in [0.2, 0.25) is 0 Å². The second-order valence-electron chi connectivity index (χ2n) is 5.66. The smallest absolute Gasteiger partial charge is 0.141 e. The maximum atomic E-state index is 13.4. The van der Waals surface area contributed by atoms with Gasteiger partial charge in [-0.15, -0.1) is 0 Å². The van der Waals surface area contributed by atoms with E-state index < -0.39 is 0 Å². The maximum Gasteiger partial charge on any atom is 0.141 e. The quantitative estimate of drug-likeness (QED) is 0.887. The topological polar surface area (TPSA) is 28.2 Å². The van der Waals surface area contributed by atoms with Gasteiger partial charge < -0.3 is 10.2 Å². The molecule has 2 rings (SSSR count). The lowest BCUT2D eigenvalue weighted by atomic mass is 9.95. The summed E-state index contributed by atoms with van der Waals surface area (Å²) in [6, 6.07) is 1.60. The molecule has 19 heavy (non-hydrogen) atoms. The Kier molecular flexibility index (Phi) is 4.75. The molecule has 2 heterocycles. The molecule has 1 aromatic heterocycles. The van der Waals surface area contributed by atoms with Gasteiger partial charge in [-0.3, -0.25) is 0 Å². The molecule has 0 bridgehead atoms. The van der Waals surface area contributed by atoms with Gasteiger partial charge in [0.15, 0.2) is 0 Å². The molecule has 1 saturated heterocycles. The Balaban J connectivity index is 2.15. The lowest BCUT2D eigenvalue weighted by molar-refractivity contribution is 0.422. The van der Waals surface area contributed by atoms with Gasteiger partial charge in [-0.05, 0) is 30.9 Å². The first-order valence-electron chi connectivity index (χ1n) is 7.22. The lowest BCUT2D eigenvalue weighted by Gasteiger charge is -2.22. The Labute approximate surface area is 115 Å². The highest BCUT2D eigenvalue weighted by atomic mass is 19.1. The van der Waals surface area contributed by atoms with Crippen molar-refractivity contribution in [1.82, 2.24) is 10.3 Å². The molecule has 1 atom stereocenters. The maximum absolute atomic E-state index is 13.4. The molecule has 1 aromatic rings. The highest BCUT2D eigenvalue weighted by molar-refractivity contribution is 5.47. The molecule has 1 aliphatic rings. The first kappa shape index (κ1) is 14.3. The summed E-state index contributed by atoms with van der Waals surface area (Å²) in [4.78, 5) is 6.62. The number of halogens is 1. The van der Waals surface area contributed by atoms with Crippen molar-refractivity contribution in [3.8, 4) is 0 Å². The summed E-state index contributed by atoms with van der Waals surface area (Å²) in [7, 11) is 0. The van der Waals surface area contributed by atoms with Crippen LogP contribution in [0.2, 0.25) is 0 Å². The van der Waals surface area contributed by atoms with E-state index in [1.807, 2.05) is 0 Å². The number of pyridine rings is 1. The van der Waals surface area contributed by atoms with Crippen molar-refractivity contribution in [1.29, 1.82) is 0 Å².